The molecule has 2 atom stereocenters. The molecule has 170 valence electrons. The number of nitrogens with one attached hydrogen (secondary N) is 1. The maximum atomic E-state index is 13.2. The SMILES string of the molecule is CN1CCN(CC(NC(=O)C2CC(=O)N(CCc3ccccc3)C2)c2ccccc2)CC1. The molecular weight excluding hydrogens is 400 g/mol. The predicted molar refractivity (Wildman–Crippen MR) is 126 cm³/mol. The smallest absolute Gasteiger partial charge is 0.225 e. The molecule has 32 heavy (non-hydrogen) atoms. The summed E-state index contributed by atoms with van der Waals surface area (Å²) < 4.78 is 0. The van der Waals surface area contributed by atoms with Gasteiger partial charge in [0.05, 0.1) is 12.0 Å². The van der Waals surface area contributed by atoms with E-state index < -0.39 is 0 Å². The fourth-order valence-electron chi connectivity index (χ4n) is 4.57. The molecule has 2 aromatic carbocycles. The molecule has 4 rings (SSSR count). The molecule has 2 aliphatic rings. The average molecular weight is 435 g/mol. The van der Waals surface area contributed by atoms with Crippen LogP contribution >= 0.6 is 0 Å². The third-order valence-corrected chi connectivity index (χ3v) is 6.65. The van der Waals surface area contributed by atoms with Crippen molar-refractivity contribution < 1.29 is 9.59 Å². The normalized spacial score (nSPS) is 21.0. The molecule has 0 radical (unpaired) electrons. The van der Waals surface area contributed by atoms with Gasteiger partial charge in [-0.3, -0.25) is 14.5 Å². The van der Waals surface area contributed by atoms with Gasteiger partial charge in [0.2, 0.25) is 11.8 Å². The van der Waals surface area contributed by atoms with Gasteiger partial charge in [-0.1, -0.05) is 60.7 Å². The van der Waals surface area contributed by atoms with Crippen molar-refractivity contribution in [1.82, 2.24) is 20.0 Å². The molecule has 2 heterocycles. The van der Waals surface area contributed by atoms with Gasteiger partial charge in [-0.15, -0.1) is 0 Å². The molecule has 6 nitrogen and oxygen atoms in total. The Bertz CT molecular complexity index is 881. The third kappa shape index (κ3) is 5.96. The van der Waals surface area contributed by atoms with E-state index in [1.165, 1.54) is 5.56 Å². The van der Waals surface area contributed by atoms with Crippen LogP contribution in [0.3, 0.4) is 0 Å². The Morgan fingerprint density at radius 2 is 1.66 bits per heavy atom. The van der Waals surface area contributed by atoms with Gasteiger partial charge < -0.3 is 15.1 Å². The van der Waals surface area contributed by atoms with Crippen LogP contribution in [0.15, 0.2) is 60.7 Å². The molecule has 2 unspecified atom stereocenters. The second-order valence-electron chi connectivity index (χ2n) is 9.05. The van der Waals surface area contributed by atoms with Crippen LogP contribution in [0.5, 0.6) is 0 Å². The zero-order chi connectivity index (χ0) is 22.3. The molecule has 2 saturated heterocycles. The quantitative estimate of drug-likeness (QED) is 0.692. The number of benzene rings is 2. The summed E-state index contributed by atoms with van der Waals surface area (Å²) in [5, 5.41) is 3.28. The third-order valence-electron chi connectivity index (χ3n) is 6.65. The van der Waals surface area contributed by atoms with Crippen molar-refractivity contribution in [3.05, 3.63) is 71.8 Å². The number of hydrogen-bond donors (Lipinski definition) is 1. The highest BCUT2D eigenvalue weighted by Gasteiger charge is 2.35. The van der Waals surface area contributed by atoms with Crippen LogP contribution in [0.4, 0.5) is 0 Å². The minimum Gasteiger partial charge on any atom is -0.348 e. The van der Waals surface area contributed by atoms with E-state index in [1.54, 1.807) is 0 Å². The summed E-state index contributed by atoms with van der Waals surface area (Å²) >= 11 is 0. The molecule has 0 aliphatic carbocycles. The molecule has 0 bridgehead atoms. The fourth-order valence-corrected chi connectivity index (χ4v) is 4.57. The van der Waals surface area contributed by atoms with Crippen molar-refractivity contribution in [2.24, 2.45) is 5.92 Å². The van der Waals surface area contributed by atoms with Crippen LogP contribution in [0.25, 0.3) is 0 Å². The molecule has 2 amide bonds. The molecule has 2 fully saturated rings. The van der Waals surface area contributed by atoms with E-state index in [0.29, 0.717) is 19.5 Å². The summed E-state index contributed by atoms with van der Waals surface area (Å²) in [6.45, 7) is 6.06. The van der Waals surface area contributed by atoms with Crippen molar-refractivity contribution in [1.29, 1.82) is 0 Å². The van der Waals surface area contributed by atoms with E-state index in [9.17, 15) is 9.59 Å². The van der Waals surface area contributed by atoms with Crippen LogP contribution in [-0.2, 0) is 16.0 Å². The van der Waals surface area contributed by atoms with E-state index in [1.807, 2.05) is 41.3 Å². The average Bonchev–Trinajstić information content (AvgIpc) is 3.20. The Hall–Kier alpha value is -2.70. The number of rotatable bonds is 8. The van der Waals surface area contributed by atoms with Crippen molar-refractivity contribution >= 4 is 11.8 Å². The maximum absolute atomic E-state index is 13.2. The van der Waals surface area contributed by atoms with Crippen molar-refractivity contribution in [2.45, 2.75) is 18.9 Å². The largest absolute Gasteiger partial charge is 0.348 e. The molecule has 0 aromatic heterocycles. The van der Waals surface area contributed by atoms with Crippen molar-refractivity contribution in [3.63, 3.8) is 0 Å². The summed E-state index contributed by atoms with van der Waals surface area (Å²) in [7, 11) is 2.15. The highest BCUT2D eigenvalue weighted by molar-refractivity contribution is 5.89. The zero-order valence-electron chi connectivity index (χ0n) is 19.0. The predicted octanol–water partition coefficient (Wildman–Crippen LogP) is 2.18. The highest BCUT2D eigenvalue weighted by Crippen LogP contribution is 2.22. The first kappa shape index (κ1) is 22.5. The zero-order valence-corrected chi connectivity index (χ0v) is 19.0. The van der Waals surface area contributed by atoms with E-state index >= 15 is 0 Å². The van der Waals surface area contributed by atoms with Gasteiger partial charge in [0.15, 0.2) is 0 Å². The summed E-state index contributed by atoms with van der Waals surface area (Å²) in [6.07, 6.45) is 1.12. The Labute approximate surface area is 191 Å². The lowest BCUT2D eigenvalue weighted by Crippen LogP contribution is -2.48. The fraction of sp³-hybridized carbons (Fsp3) is 0.462. The lowest BCUT2D eigenvalue weighted by atomic mass is 10.0. The van der Waals surface area contributed by atoms with Gasteiger partial charge in [0, 0.05) is 52.2 Å². The Balaban J connectivity index is 1.35. The van der Waals surface area contributed by atoms with Gasteiger partial charge in [0.1, 0.15) is 0 Å². The maximum Gasteiger partial charge on any atom is 0.225 e. The molecule has 1 N–H and O–H groups in total. The summed E-state index contributed by atoms with van der Waals surface area (Å²) in [4.78, 5) is 32.3. The summed E-state index contributed by atoms with van der Waals surface area (Å²) in [5.74, 6) is -0.211. The van der Waals surface area contributed by atoms with Gasteiger partial charge in [-0.25, -0.2) is 0 Å². The second-order valence-corrected chi connectivity index (χ2v) is 9.05. The minimum absolute atomic E-state index is 0.0106. The molecular formula is C26H34N4O2. The first-order chi connectivity index (χ1) is 15.6. The Morgan fingerprint density at radius 1 is 1.00 bits per heavy atom. The van der Waals surface area contributed by atoms with Crippen LogP contribution < -0.4 is 5.32 Å². The summed E-state index contributed by atoms with van der Waals surface area (Å²) in [6, 6.07) is 20.3. The first-order valence-electron chi connectivity index (χ1n) is 11.7. The van der Waals surface area contributed by atoms with Crippen LogP contribution in [0.2, 0.25) is 0 Å². The standard InChI is InChI=1S/C26H34N4O2/c1-28-14-16-29(17-15-28)20-24(22-10-6-3-7-11-22)27-26(32)23-18-25(31)30(19-23)13-12-21-8-4-2-5-9-21/h2-11,23-24H,12-20H2,1H3,(H,27,32). The number of hydrogen-bond acceptors (Lipinski definition) is 4. The molecule has 0 saturated carbocycles. The molecule has 6 heteroatoms. The summed E-state index contributed by atoms with van der Waals surface area (Å²) in [5.41, 5.74) is 2.33. The van der Waals surface area contributed by atoms with Crippen molar-refractivity contribution in [3.8, 4) is 0 Å². The van der Waals surface area contributed by atoms with Crippen molar-refractivity contribution in [2.75, 3.05) is 52.9 Å². The number of carbonyl (C=O) groups is 2. The number of amides is 2. The van der Waals surface area contributed by atoms with Gasteiger partial charge in [-0.05, 0) is 24.6 Å². The number of nitrogens with zero attached hydrogens (tertiary/aromatic N) is 3. The van der Waals surface area contributed by atoms with E-state index in [0.717, 1.165) is 44.7 Å². The topological polar surface area (TPSA) is 55.9 Å². The molecule has 2 aliphatic heterocycles. The highest BCUT2D eigenvalue weighted by atomic mass is 16.2. The van der Waals surface area contributed by atoms with Gasteiger partial charge >= 0.3 is 0 Å². The number of likely N-dealkylation sites (tertiary alicyclic amines) is 1. The first-order valence-corrected chi connectivity index (χ1v) is 11.7. The van der Waals surface area contributed by atoms with Crippen LogP contribution in [-0.4, -0.2) is 79.4 Å². The van der Waals surface area contributed by atoms with Gasteiger partial charge in [0.25, 0.3) is 0 Å². The molecule has 2 aromatic rings. The molecule has 0 spiro atoms. The lowest BCUT2D eigenvalue weighted by molar-refractivity contribution is -0.129. The van der Waals surface area contributed by atoms with E-state index in [-0.39, 0.29) is 23.8 Å². The Kier molecular flexibility index (Phi) is 7.55. The number of piperazine rings is 1. The van der Waals surface area contributed by atoms with E-state index in [4.69, 9.17) is 0 Å². The second kappa shape index (κ2) is 10.7. The number of carbonyl (C=O) groups excluding carboxylic acids is 2. The monoisotopic (exact) mass is 434 g/mol. The lowest BCUT2D eigenvalue weighted by Gasteiger charge is -2.35. The van der Waals surface area contributed by atoms with Crippen LogP contribution in [0, 0.1) is 5.92 Å². The van der Waals surface area contributed by atoms with Gasteiger partial charge in [-0.2, -0.15) is 0 Å². The number of likely N-dealkylation sites (N-methyl/N-ethyl adjacent to an activating group) is 1. The van der Waals surface area contributed by atoms with Crippen LogP contribution in [0.1, 0.15) is 23.6 Å². The minimum atomic E-state index is -0.281. The Morgan fingerprint density at radius 3 is 2.34 bits per heavy atom. The van der Waals surface area contributed by atoms with E-state index in [2.05, 4.69) is 46.4 Å².